The van der Waals surface area contributed by atoms with Gasteiger partial charge in [0.05, 0.1) is 11.4 Å². The summed E-state index contributed by atoms with van der Waals surface area (Å²) < 4.78 is 0. The standard InChI is InChI=1S/C16H29N3/c1-7-9-10-11-18-14(5)16(17)15(6)19(8-2)12-13(3)4/h8,10-11,13H,2,7,9,12,17H2,1,3-6H3/b11-10+,16-15-,18-14+. The van der Waals surface area contributed by atoms with E-state index < -0.39 is 0 Å². The molecule has 3 nitrogen and oxygen atoms in total. The van der Waals surface area contributed by atoms with Crippen molar-refractivity contribution in [3.63, 3.8) is 0 Å². The van der Waals surface area contributed by atoms with Crippen LogP contribution in [0.1, 0.15) is 47.5 Å². The van der Waals surface area contributed by atoms with Crippen LogP contribution in [0.25, 0.3) is 0 Å². The normalized spacial score (nSPS) is 13.9. The molecule has 2 N–H and O–H groups in total. The fraction of sp³-hybridized carbons (Fsp3) is 0.562. The second-order valence-corrected chi connectivity index (χ2v) is 5.12. The molecule has 0 unspecified atom stereocenters. The molecule has 0 rings (SSSR count). The van der Waals surface area contributed by atoms with Crippen LogP contribution in [0.4, 0.5) is 0 Å². The number of nitrogens with zero attached hydrogens (tertiary/aromatic N) is 2. The zero-order valence-corrected chi connectivity index (χ0v) is 13.1. The first-order chi connectivity index (χ1) is 8.93. The minimum absolute atomic E-state index is 0.558. The molecule has 0 aromatic heterocycles. The van der Waals surface area contributed by atoms with Crippen LogP contribution >= 0.6 is 0 Å². The molecule has 0 aromatic rings. The molecule has 3 heteroatoms. The smallest absolute Gasteiger partial charge is 0.0725 e. The molecule has 0 radical (unpaired) electrons. The largest absolute Gasteiger partial charge is 0.396 e. The number of nitrogens with two attached hydrogens (primary N) is 1. The topological polar surface area (TPSA) is 41.6 Å². The Morgan fingerprint density at radius 2 is 2.00 bits per heavy atom. The average Bonchev–Trinajstić information content (AvgIpc) is 2.38. The quantitative estimate of drug-likeness (QED) is 0.671. The summed E-state index contributed by atoms with van der Waals surface area (Å²) in [6, 6.07) is 0. The van der Waals surface area contributed by atoms with Crippen molar-refractivity contribution in [1.29, 1.82) is 0 Å². The molecule has 19 heavy (non-hydrogen) atoms. The molecule has 0 amide bonds. The second kappa shape index (κ2) is 9.42. The summed E-state index contributed by atoms with van der Waals surface area (Å²) in [6.45, 7) is 15.2. The van der Waals surface area contributed by atoms with E-state index >= 15 is 0 Å². The van der Waals surface area contributed by atoms with Gasteiger partial charge in [-0.3, -0.25) is 4.99 Å². The molecule has 0 fully saturated rings. The number of rotatable bonds is 8. The van der Waals surface area contributed by atoms with Crippen molar-refractivity contribution in [2.45, 2.75) is 47.5 Å². The summed E-state index contributed by atoms with van der Waals surface area (Å²) in [4.78, 5) is 6.45. The van der Waals surface area contributed by atoms with Crippen molar-refractivity contribution in [3.05, 3.63) is 36.4 Å². The summed E-state index contributed by atoms with van der Waals surface area (Å²) in [5.74, 6) is 0.558. The van der Waals surface area contributed by atoms with Crippen molar-refractivity contribution in [2.24, 2.45) is 16.6 Å². The van der Waals surface area contributed by atoms with Crippen LogP contribution in [-0.2, 0) is 0 Å². The van der Waals surface area contributed by atoms with Gasteiger partial charge in [-0.2, -0.15) is 0 Å². The maximum absolute atomic E-state index is 6.15. The van der Waals surface area contributed by atoms with Gasteiger partial charge in [-0.05, 0) is 32.4 Å². The minimum atomic E-state index is 0.558. The van der Waals surface area contributed by atoms with Gasteiger partial charge in [0.2, 0.25) is 0 Å². The number of hydrogen-bond acceptors (Lipinski definition) is 3. The molecule has 0 bridgehead atoms. The van der Waals surface area contributed by atoms with E-state index in [9.17, 15) is 0 Å². The molecule has 0 aliphatic rings. The highest BCUT2D eigenvalue weighted by atomic mass is 15.1. The van der Waals surface area contributed by atoms with Crippen molar-refractivity contribution < 1.29 is 0 Å². The maximum Gasteiger partial charge on any atom is 0.0725 e. The number of unbranched alkanes of at least 4 members (excludes halogenated alkanes) is 1. The lowest BCUT2D eigenvalue weighted by atomic mass is 10.2. The second-order valence-electron chi connectivity index (χ2n) is 5.12. The Morgan fingerprint density at radius 3 is 2.47 bits per heavy atom. The molecular formula is C16H29N3. The van der Waals surface area contributed by atoms with Crippen LogP contribution in [-0.4, -0.2) is 17.2 Å². The molecule has 0 spiro atoms. The SMILES string of the molecule is C=CN(CC(C)C)/C(C)=C(N)/C(C)=N/C=C/CCC. The lowest BCUT2D eigenvalue weighted by molar-refractivity contribution is 0.396. The van der Waals surface area contributed by atoms with Gasteiger partial charge in [0.25, 0.3) is 0 Å². The fourth-order valence-corrected chi connectivity index (χ4v) is 1.63. The lowest BCUT2D eigenvalue weighted by Crippen LogP contribution is -2.25. The molecule has 0 saturated heterocycles. The van der Waals surface area contributed by atoms with Crippen LogP contribution in [0.15, 0.2) is 41.4 Å². The molecule has 0 aromatic carbocycles. The summed E-state index contributed by atoms with van der Waals surface area (Å²) in [5, 5.41) is 0. The van der Waals surface area contributed by atoms with Gasteiger partial charge in [0.15, 0.2) is 0 Å². The summed E-state index contributed by atoms with van der Waals surface area (Å²) >= 11 is 0. The monoisotopic (exact) mass is 263 g/mol. The highest BCUT2D eigenvalue weighted by molar-refractivity contribution is 5.98. The van der Waals surface area contributed by atoms with E-state index in [1.54, 1.807) is 0 Å². The summed E-state index contributed by atoms with van der Waals surface area (Å²) in [7, 11) is 0. The zero-order chi connectivity index (χ0) is 14.8. The molecule has 0 aliphatic heterocycles. The van der Waals surface area contributed by atoms with Crippen LogP contribution in [0, 0.1) is 5.92 Å². The van der Waals surface area contributed by atoms with Crippen molar-refractivity contribution in [3.8, 4) is 0 Å². The molecule has 0 saturated carbocycles. The van der Waals surface area contributed by atoms with Gasteiger partial charge in [0, 0.05) is 18.4 Å². The highest BCUT2D eigenvalue weighted by Gasteiger charge is 2.09. The van der Waals surface area contributed by atoms with Gasteiger partial charge >= 0.3 is 0 Å². The average molecular weight is 263 g/mol. The van der Waals surface area contributed by atoms with E-state index in [0.717, 1.165) is 36.5 Å². The van der Waals surface area contributed by atoms with Crippen LogP contribution in [0.3, 0.4) is 0 Å². The number of allylic oxidation sites excluding steroid dienone is 3. The van der Waals surface area contributed by atoms with Gasteiger partial charge in [-0.25, -0.2) is 0 Å². The van der Waals surface area contributed by atoms with E-state index in [2.05, 4.69) is 43.3 Å². The van der Waals surface area contributed by atoms with Gasteiger partial charge in [-0.1, -0.05) is 39.8 Å². The first-order valence-corrected chi connectivity index (χ1v) is 6.99. The third-order valence-corrected chi connectivity index (χ3v) is 2.82. The third-order valence-electron chi connectivity index (χ3n) is 2.82. The molecule has 108 valence electrons. The molecular weight excluding hydrogens is 234 g/mol. The predicted molar refractivity (Wildman–Crippen MR) is 85.8 cm³/mol. The molecule has 0 heterocycles. The van der Waals surface area contributed by atoms with Gasteiger partial charge in [0.1, 0.15) is 0 Å². The fourth-order valence-electron chi connectivity index (χ4n) is 1.63. The lowest BCUT2D eigenvalue weighted by Gasteiger charge is -2.24. The summed E-state index contributed by atoms with van der Waals surface area (Å²) in [5.41, 5.74) is 8.73. The first kappa shape index (κ1) is 17.5. The number of hydrogen-bond donors (Lipinski definition) is 1. The van der Waals surface area contributed by atoms with Crippen molar-refractivity contribution >= 4 is 5.71 Å². The van der Waals surface area contributed by atoms with Crippen molar-refractivity contribution in [2.75, 3.05) is 6.54 Å². The van der Waals surface area contributed by atoms with E-state index in [1.165, 1.54) is 0 Å². The van der Waals surface area contributed by atoms with Crippen molar-refractivity contribution in [1.82, 2.24) is 4.90 Å². The molecule has 0 atom stereocenters. The zero-order valence-electron chi connectivity index (χ0n) is 13.1. The Labute approximate surface area is 118 Å². The van der Waals surface area contributed by atoms with Crippen LogP contribution in [0.5, 0.6) is 0 Å². The Morgan fingerprint density at radius 1 is 1.37 bits per heavy atom. The van der Waals surface area contributed by atoms with E-state index in [1.807, 2.05) is 26.2 Å². The maximum atomic E-state index is 6.15. The van der Waals surface area contributed by atoms with E-state index in [-0.39, 0.29) is 0 Å². The van der Waals surface area contributed by atoms with Gasteiger partial charge in [-0.15, -0.1) is 0 Å². The Kier molecular flexibility index (Phi) is 8.68. The highest BCUT2D eigenvalue weighted by Crippen LogP contribution is 2.11. The Balaban J connectivity index is 4.93. The van der Waals surface area contributed by atoms with E-state index in [0.29, 0.717) is 5.92 Å². The van der Waals surface area contributed by atoms with Crippen LogP contribution in [0.2, 0.25) is 0 Å². The third kappa shape index (κ3) is 6.85. The summed E-state index contributed by atoms with van der Waals surface area (Å²) in [6.07, 6.45) is 7.90. The first-order valence-electron chi connectivity index (χ1n) is 6.99. The minimum Gasteiger partial charge on any atom is -0.396 e. The number of aliphatic imine (C=N–C) groups is 1. The van der Waals surface area contributed by atoms with Gasteiger partial charge < -0.3 is 10.6 Å². The van der Waals surface area contributed by atoms with E-state index in [4.69, 9.17) is 5.73 Å². The Hall–Kier alpha value is -1.51. The Bertz CT molecular complexity index is 362. The molecule has 0 aliphatic carbocycles. The predicted octanol–water partition coefficient (Wildman–Crippen LogP) is 4.05. The van der Waals surface area contributed by atoms with Crippen LogP contribution < -0.4 is 5.73 Å².